The fourth-order valence-electron chi connectivity index (χ4n) is 2.90. The standard InChI is InChI=1S/C19H13FO2/c20-14-6-3-5-13(10-14)16-11-22-17-9-8-12-4-1-2-7-15(12)18(17)19(16)21/h1-11,19,21H. The Hall–Kier alpha value is -2.65. The van der Waals surface area contributed by atoms with Crippen LogP contribution in [0.5, 0.6) is 5.75 Å². The summed E-state index contributed by atoms with van der Waals surface area (Å²) in [5.74, 6) is 0.292. The Morgan fingerprint density at radius 3 is 2.68 bits per heavy atom. The van der Waals surface area contributed by atoms with Gasteiger partial charge in [0.1, 0.15) is 17.7 Å². The van der Waals surface area contributed by atoms with E-state index < -0.39 is 6.10 Å². The van der Waals surface area contributed by atoms with E-state index in [-0.39, 0.29) is 5.82 Å². The van der Waals surface area contributed by atoms with E-state index in [9.17, 15) is 9.50 Å². The number of rotatable bonds is 1. The van der Waals surface area contributed by atoms with E-state index >= 15 is 0 Å². The Kier molecular flexibility index (Phi) is 2.94. The van der Waals surface area contributed by atoms with Crippen LogP contribution in [0.25, 0.3) is 16.3 Å². The minimum absolute atomic E-state index is 0.339. The van der Waals surface area contributed by atoms with Crippen molar-refractivity contribution in [2.75, 3.05) is 0 Å². The van der Waals surface area contributed by atoms with Crippen LogP contribution in [-0.2, 0) is 0 Å². The van der Waals surface area contributed by atoms with Gasteiger partial charge in [0.15, 0.2) is 0 Å². The molecule has 108 valence electrons. The van der Waals surface area contributed by atoms with Crippen molar-refractivity contribution in [2.45, 2.75) is 6.10 Å². The first-order valence-electron chi connectivity index (χ1n) is 7.06. The van der Waals surface area contributed by atoms with E-state index in [1.165, 1.54) is 18.4 Å². The van der Waals surface area contributed by atoms with Gasteiger partial charge in [0.2, 0.25) is 0 Å². The highest BCUT2D eigenvalue weighted by molar-refractivity contribution is 5.91. The molecular weight excluding hydrogens is 279 g/mol. The minimum Gasteiger partial charge on any atom is -0.464 e. The molecule has 1 unspecified atom stereocenters. The largest absolute Gasteiger partial charge is 0.464 e. The molecule has 0 radical (unpaired) electrons. The predicted octanol–water partition coefficient (Wildman–Crippen LogP) is 4.45. The Morgan fingerprint density at radius 1 is 0.955 bits per heavy atom. The van der Waals surface area contributed by atoms with Crippen molar-refractivity contribution in [2.24, 2.45) is 0 Å². The summed E-state index contributed by atoms with van der Waals surface area (Å²) in [6.07, 6.45) is 0.646. The molecule has 1 heterocycles. The summed E-state index contributed by atoms with van der Waals surface area (Å²) in [7, 11) is 0. The van der Waals surface area contributed by atoms with Gasteiger partial charge in [-0.25, -0.2) is 4.39 Å². The molecule has 0 saturated carbocycles. The summed E-state index contributed by atoms with van der Waals surface area (Å²) in [5, 5.41) is 12.8. The second kappa shape index (κ2) is 4.97. The smallest absolute Gasteiger partial charge is 0.133 e. The molecule has 0 aliphatic carbocycles. The second-order valence-electron chi connectivity index (χ2n) is 5.30. The van der Waals surface area contributed by atoms with Crippen molar-refractivity contribution in [3.63, 3.8) is 0 Å². The molecule has 22 heavy (non-hydrogen) atoms. The second-order valence-corrected chi connectivity index (χ2v) is 5.30. The Balaban J connectivity index is 1.89. The van der Waals surface area contributed by atoms with Crippen molar-refractivity contribution in [3.8, 4) is 5.75 Å². The van der Waals surface area contributed by atoms with Crippen LogP contribution in [0.2, 0.25) is 0 Å². The van der Waals surface area contributed by atoms with Crippen LogP contribution in [0, 0.1) is 5.82 Å². The van der Waals surface area contributed by atoms with E-state index in [0.29, 0.717) is 16.9 Å². The molecule has 3 heteroatoms. The molecule has 0 saturated heterocycles. The van der Waals surface area contributed by atoms with Crippen LogP contribution < -0.4 is 4.74 Å². The average Bonchev–Trinajstić information content (AvgIpc) is 2.55. The van der Waals surface area contributed by atoms with Gasteiger partial charge >= 0.3 is 0 Å². The Bertz CT molecular complexity index is 899. The van der Waals surface area contributed by atoms with E-state index in [0.717, 1.165) is 16.3 Å². The van der Waals surface area contributed by atoms with Gasteiger partial charge in [-0.1, -0.05) is 42.5 Å². The van der Waals surface area contributed by atoms with Gasteiger partial charge in [-0.3, -0.25) is 0 Å². The molecule has 3 aromatic rings. The summed E-state index contributed by atoms with van der Waals surface area (Å²) >= 11 is 0. The molecule has 4 rings (SSSR count). The highest BCUT2D eigenvalue weighted by atomic mass is 19.1. The molecule has 1 aliphatic rings. The van der Waals surface area contributed by atoms with Gasteiger partial charge in [0.25, 0.3) is 0 Å². The first kappa shape index (κ1) is 13.0. The molecule has 1 N–H and O–H groups in total. The summed E-state index contributed by atoms with van der Waals surface area (Å²) in [6, 6.07) is 17.8. The number of aliphatic hydroxyl groups excluding tert-OH is 1. The third-order valence-corrected chi connectivity index (χ3v) is 3.97. The van der Waals surface area contributed by atoms with Gasteiger partial charge in [-0.05, 0) is 34.5 Å². The predicted molar refractivity (Wildman–Crippen MR) is 83.9 cm³/mol. The lowest BCUT2D eigenvalue weighted by Crippen LogP contribution is -2.10. The van der Waals surface area contributed by atoms with E-state index in [1.54, 1.807) is 12.1 Å². The van der Waals surface area contributed by atoms with Crippen molar-refractivity contribution in [1.29, 1.82) is 0 Å². The maximum Gasteiger partial charge on any atom is 0.133 e. The maximum absolute atomic E-state index is 13.4. The zero-order valence-corrected chi connectivity index (χ0v) is 11.7. The highest BCUT2D eigenvalue weighted by Gasteiger charge is 2.26. The van der Waals surface area contributed by atoms with Crippen LogP contribution in [0.3, 0.4) is 0 Å². The van der Waals surface area contributed by atoms with Gasteiger partial charge < -0.3 is 9.84 Å². The van der Waals surface area contributed by atoms with E-state index in [2.05, 4.69) is 0 Å². The third kappa shape index (κ3) is 1.98. The monoisotopic (exact) mass is 292 g/mol. The molecule has 0 amide bonds. The van der Waals surface area contributed by atoms with Gasteiger partial charge in [-0.15, -0.1) is 0 Å². The van der Waals surface area contributed by atoms with Gasteiger partial charge in [-0.2, -0.15) is 0 Å². The summed E-state index contributed by atoms with van der Waals surface area (Å²) < 4.78 is 19.1. The van der Waals surface area contributed by atoms with Crippen molar-refractivity contribution in [3.05, 3.63) is 83.9 Å². The molecule has 0 bridgehead atoms. The number of hydrogen-bond acceptors (Lipinski definition) is 2. The summed E-state index contributed by atoms with van der Waals surface area (Å²) in [5.41, 5.74) is 1.90. The topological polar surface area (TPSA) is 29.5 Å². The Morgan fingerprint density at radius 2 is 1.82 bits per heavy atom. The van der Waals surface area contributed by atoms with E-state index in [4.69, 9.17) is 4.74 Å². The quantitative estimate of drug-likeness (QED) is 0.718. The average molecular weight is 292 g/mol. The number of halogens is 1. The molecule has 1 aliphatic heterocycles. The van der Waals surface area contributed by atoms with Crippen LogP contribution >= 0.6 is 0 Å². The molecular formula is C19H13FO2. The van der Waals surface area contributed by atoms with Crippen LogP contribution in [0.15, 0.2) is 66.9 Å². The lowest BCUT2D eigenvalue weighted by Gasteiger charge is -2.24. The zero-order valence-electron chi connectivity index (χ0n) is 11.7. The third-order valence-electron chi connectivity index (χ3n) is 3.97. The zero-order chi connectivity index (χ0) is 15.1. The fraction of sp³-hybridized carbons (Fsp3) is 0.0526. The van der Waals surface area contributed by atoms with E-state index in [1.807, 2.05) is 36.4 Å². The molecule has 3 aromatic carbocycles. The van der Waals surface area contributed by atoms with Gasteiger partial charge in [0.05, 0.1) is 6.26 Å². The Labute approximate surface area is 127 Å². The highest BCUT2D eigenvalue weighted by Crippen LogP contribution is 2.42. The van der Waals surface area contributed by atoms with Crippen molar-refractivity contribution >= 4 is 16.3 Å². The number of ether oxygens (including phenoxy) is 1. The normalized spacial score (nSPS) is 16.8. The number of fused-ring (bicyclic) bond motifs is 3. The molecule has 0 spiro atoms. The maximum atomic E-state index is 13.4. The first-order chi connectivity index (χ1) is 10.7. The van der Waals surface area contributed by atoms with Crippen LogP contribution in [-0.4, -0.2) is 5.11 Å². The lowest BCUT2D eigenvalue weighted by atomic mass is 9.90. The number of benzene rings is 3. The van der Waals surface area contributed by atoms with Crippen molar-refractivity contribution < 1.29 is 14.2 Å². The van der Waals surface area contributed by atoms with Gasteiger partial charge in [0, 0.05) is 11.1 Å². The van der Waals surface area contributed by atoms with Crippen LogP contribution in [0.1, 0.15) is 17.2 Å². The number of hydrogen-bond donors (Lipinski definition) is 1. The minimum atomic E-state index is -0.850. The summed E-state index contributed by atoms with van der Waals surface area (Å²) in [4.78, 5) is 0. The summed E-state index contributed by atoms with van der Waals surface area (Å²) in [6.45, 7) is 0. The molecule has 2 nitrogen and oxygen atoms in total. The number of aliphatic hydroxyl groups is 1. The lowest BCUT2D eigenvalue weighted by molar-refractivity contribution is 0.226. The molecule has 1 atom stereocenters. The SMILES string of the molecule is OC1C(c2cccc(F)c2)=COc2ccc3ccccc3c21. The van der Waals surface area contributed by atoms with Crippen LogP contribution in [0.4, 0.5) is 4.39 Å². The molecule has 0 aromatic heterocycles. The van der Waals surface area contributed by atoms with Crippen molar-refractivity contribution in [1.82, 2.24) is 0 Å². The fourth-order valence-corrected chi connectivity index (χ4v) is 2.90. The first-order valence-corrected chi connectivity index (χ1v) is 7.06. The molecule has 0 fully saturated rings.